The first kappa shape index (κ1) is 17.4. The first-order valence-corrected chi connectivity index (χ1v) is 6.82. The molecule has 0 aromatic heterocycles. The summed E-state index contributed by atoms with van der Waals surface area (Å²) in [4.78, 5) is 22.4. The van der Waals surface area contributed by atoms with E-state index in [-0.39, 0.29) is 24.0 Å². The summed E-state index contributed by atoms with van der Waals surface area (Å²) in [5.41, 5.74) is 0.881. The van der Waals surface area contributed by atoms with Crippen molar-refractivity contribution in [2.45, 2.75) is 19.8 Å². The van der Waals surface area contributed by atoms with Crippen molar-refractivity contribution < 1.29 is 9.72 Å². The zero-order chi connectivity index (χ0) is 14.5. The molecule has 2 rings (SSSR count). The molecule has 2 N–H and O–H groups in total. The molecule has 1 aliphatic heterocycles. The predicted octanol–water partition coefficient (Wildman–Crippen LogP) is 2.05. The van der Waals surface area contributed by atoms with Gasteiger partial charge in [0.05, 0.1) is 4.92 Å². The number of amides is 1. The summed E-state index contributed by atoms with van der Waals surface area (Å²) >= 11 is 0. The van der Waals surface area contributed by atoms with Crippen LogP contribution in [0.2, 0.25) is 0 Å². The number of halogens is 1. The highest BCUT2D eigenvalue weighted by Gasteiger charge is 2.17. The lowest BCUT2D eigenvalue weighted by atomic mass is 9.99. The van der Waals surface area contributed by atoms with Gasteiger partial charge in [-0.1, -0.05) is 6.07 Å². The number of carbonyl (C=O) groups excluding carboxylic acids is 1. The van der Waals surface area contributed by atoms with Gasteiger partial charge in [-0.15, -0.1) is 12.4 Å². The second-order valence-electron chi connectivity index (χ2n) is 5.18. The highest BCUT2D eigenvalue weighted by molar-refractivity contribution is 5.94. The van der Waals surface area contributed by atoms with Crippen molar-refractivity contribution in [1.29, 1.82) is 0 Å². The number of rotatable bonds is 4. The lowest BCUT2D eigenvalue weighted by molar-refractivity contribution is -0.385. The summed E-state index contributed by atoms with van der Waals surface area (Å²) in [6.07, 6.45) is 2.22. The lowest BCUT2D eigenvalue weighted by Crippen LogP contribution is -2.38. The number of nitrogens with one attached hydrogen (secondary N) is 2. The average molecular weight is 314 g/mol. The van der Waals surface area contributed by atoms with E-state index in [4.69, 9.17) is 0 Å². The molecule has 1 saturated heterocycles. The third kappa shape index (κ3) is 4.68. The van der Waals surface area contributed by atoms with Gasteiger partial charge in [-0.3, -0.25) is 14.9 Å². The summed E-state index contributed by atoms with van der Waals surface area (Å²) < 4.78 is 0. The summed E-state index contributed by atoms with van der Waals surface area (Å²) in [5.74, 6) is 0.187. The summed E-state index contributed by atoms with van der Waals surface area (Å²) in [7, 11) is 0. The van der Waals surface area contributed by atoms with Gasteiger partial charge in [-0.2, -0.15) is 0 Å². The van der Waals surface area contributed by atoms with Gasteiger partial charge in [0.15, 0.2) is 0 Å². The Labute approximate surface area is 129 Å². The van der Waals surface area contributed by atoms with Crippen LogP contribution in [0.5, 0.6) is 0 Å². The number of hydrogen-bond acceptors (Lipinski definition) is 4. The molecule has 21 heavy (non-hydrogen) atoms. The number of nitrogens with zero attached hydrogens (tertiary/aromatic N) is 1. The first-order chi connectivity index (χ1) is 9.58. The zero-order valence-electron chi connectivity index (χ0n) is 11.9. The van der Waals surface area contributed by atoms with Gasteiger partial charge < -0.3 is 10.6 Å². The Morgan fingerprint density at radius 3 is 2.90 bits per heavy atom. The third-order valence-corrected chi connectivity index (χ3v) is 3.62. The van der Waals surface area contributed by atoms with Crippen LogP contribution in [0.15, 0.2) is 18.2 Å². The zero-order valence-corrected chi connectivity index (χ0v) is 12.7. The van der Waals surface area contributed by atoms with Crippen molar-refractivity contribution >= 4 is 24.0 Å². The van der Waals surface area contributed by atoms with Crippen molar-refractivity contribution in [3.8, 4) is 0 Å². The molecule has 0 aliphatic carbocycles. The van der Waals surface area contributed by atoms with Crippen molar-refractivity contribution in [1.82, 2.24) is 10.6 Å². The molecule has 6 nitrogen and oxygen atoms in total. The number of hydrogen-bond donors (Lipinski definition) is 2. The molecule has 1 aliphatic rings. The summed E-state index contributed by atoms with van der Waals surface area (Å²) in [6, 6.07) is 4.57. The van der Waals surface area contributed by atoms with Gasteiger partial charge >= 0.3 is 0 Å². The van der Waals surface area contributed by atoms with Crippen LogP contribution in [-0.2, 0) is 0 Å². The van der Waals surface area contributed by atoms with Crippen LogP contribution >= 0.6 is 12.4 Å². The van der Waals surface area contributed by atoms with Crippen molar-refractivity contribution in [2.24, 2.45) is 5.92 Å². The Morgan fingerprint density at radius 1 is 1.52 bits per heavy atom. The van der Waals surface area contributed by atoms with Crippen molar-refractivity contribution in [2.75, 3.05) is 19.6 Å². The molecular formula is C14H20ClN3O3. The monoisotopic (exact) mass is 313 g/mol. The molecule has 116 valence electrons. The number of carbonyl (C=O) groups is 1. The summed E-state index contributed by atoms with van der Waals surface area (Å²) in [5, 5.41) is 17.0. The molecule has 1 fully saturated rings. The topological polar surface area (TPSA) is 84.3 Å². The molecule has 1 aromatic carbocycles. The van der Waals surface area contributed by atoms with Crippen LogP contribution in [0.25, 0.3) is 0 Å². The number of nitro benzene ring substituents is 1. The van der Waals surface area contributed by atoms with Crippen molar-refractivity contribution in [3.05, 3.63) is 39.4 Å². The van der Waals surface area contributed by atoms with Crippen molar-refractivity contribution in [3.63, 3.8) is 0 Å². The van der Waals surface area contributed by atoms with E-state index in [1.54, 1.807) is 19.1 Å². The fourth-order valence-corrected chi connectivity index (χ4v) is 2.38. The maximum atomic E-state index is 12.0. The van der Waals surface area contributed by atoms with E-state index in [9.17, 15) is 14.9 Å². The van der Waals surface area contributed by atoms with E-state index in [0.29, 0.717) is 23.6 Å². The van der Waals surface area contributed by atoms with Gasteiger partial charge in [0.25, 0.3) is 11.6 Å². The Bertz CT molecular complexity index is 516. The van der Waals surface area contributed by atoms with Crippen LogP contribution in [0, 0.1) is 23.0 Å². The molecule has 0 spiro atoms. The van der Waals surface area contributed by atoms with E-state index in [1.165, 1.54) is 6.07 Å². The van der Waals surface area contributed by atoms with Gasteiger partial charge in [0, 0.05) is 23.7 Å². The maximum absolute atomic E-state index is 12.0. The van der Waals surface area contributed by atoms with E-state index in [2.05, 4.69) is 10.6 Å². The number of piperidine rings is 1. The highest BCUT2D eigenvalue weighted by Crippen LogP contribution is 2.19. The van der Waals surface area contributed by atoms with Gasteiger partial charge in [-0.05, 0) is 44.8 Å². The molecule has 0 radical (unpaired) electrons. The summed E-state index contributed by atoms with van der Waals surface area (Å²) in [6.45, 7) is 4.21. The normalized spacial score (nSPS) is 17.7. The van der Waals surface area contributed by atoms with E-state index >= 15 is 0 Å². The fourth-order valence-electron chi connectivity index (χ4n) is 2.38. The molecule has 1 amide bonds. The number of benzene rings is 1. The van der Waals surface area contributed by atoms with Gasteiger partial charge in [0.2, 0.25) is 0 Å². The molecule has 0 bridgehead atoms. The minimum absolute atomic E-state index is 0. The first-order valence-electron chi connectivity index (χ1n) is 6.82. The second-order valence-corrected chi connectivity index (χ2v) is 5.18. The fraction of sp³-hybridized carbons (Fsp3) is 0.500. The van der Waals surface area contributed by atoms with Crippen LogP contribution in [0.4, 0.5) is 5.69 Å². The smallest absolute Gasteiger partial charge is 0.273 e. The quantitative estimate of drug-likeness (QED) is 0.658. The Morgan fingerprint density at radius 2 is 2.29 bits per heavy atom. The van der Waals surface area contributed by atoms with Gasteiger partial charge in [0.1, 0.15) is 0 Å². The molecule has 1 atom stereocenters. The largest absolute Gasteiger partial charge is 0.352 e. The number of aryl methyl sites for hydroxylation is 1. The van der Waals surface area contributed by atoms with E-state index < -0.39 is 4.92 Å². The molecular weight excluding hydrogens is 294 g/mol. The van der Waals surface area contributed by atoms with Crippen LogP contribution in [-0.4, -0.2) is 30.5 Å². The highest BCUT2D eigenvalue weighted by atomic mass is 35.5. The Balaban J connectivity index is 0.00000220. The lowest BCUT2D eigenvalue weighted by Gasteiger charge is -2.22. The Hall–Kier alpha value is -1.66. The molecule has 1 aromatic rings. The standard InChI is InChI=1S/C14H19N3O3.ClH/c1-10-4-5-12(7-13(10)17(19)20)14(18)16-9-11-3-2-6-15-8-11;/h4-5,7,11,15H,2-3,6,8-9H2,1H3,(H,16,18);1H. The minimum atomic E-state index is -0.461. The third-order valence-electron chi connectivity index (χ3n) is 3.62. The average Bonchev–Trinajstić information content (AvgIpc) is 2.46. The SMILES string of the molecule is Cc1ccc(C(=O)NCC2CCCNC2)cc1[N+](=O)[O-].Cl. The molecule has 0 saturated carbocycles. The van der Waals surface area contributed by atoms with Gasteiger partial charge in [-0.25, -0.2) is 0 Å². The van der Waals surface area contributed by atoms with E-state index in [0.717, 1.165) is 25.9 Å². The van der Waals surface area contributed by atoms with Crippen LogP contribution < -0.4 is 10.6 Å². The molecule has 1 heterocycles. The number of nitro groups is 1. The Kier molecular flexibility index (Phi) is 6.58. The molecule has 7 heteroatoms. The van der Waals surface area contributed by atoms with Crippen LogP contribution in [0.3, 0.4) is 0 Å². The minimum Gasteiger partial charge on any atom is -0.352 e. The van der Waals surface area contributed by atoms with E-state index in [1.807, 2.05) is 0 Å². The van der Waals surface area contributed by atoms with Crippen LogP contribution in [0.1, 0.15) is 28.8 Å². The second kappa shape index (κ2) is 7.95. The maximum Gasteiger partial charge on any atom is 0.273 e. The predicted molar refractivity (Wildman–Crippen MR) is 83.0 cm³/mol. The molecule has 1 unspecified atom stereocenters.